The minimum atomic E-state index is -1.51. The van der Waals surface area contributed by atoms with E-state index in [2.05, 4.69) is 26.9 Å². The van der Waals surface area contributed by atoms with Gasteiger partial charge in [-0.15, -0.1) is 10.2 Å². The van der Waals surface area contributed by atoms with E-state index in [9.17, 15) is 19.6 Å². The number of carbonyl (C=O) groups excluding carboxylic acids is 2. The molecule has 1 atom stereocenters. The van der Waals surface area contributed by atoms with Crippen LogP contribution < -0.4 is 20.8 Å². The number of allylic oxidation sites excluding steroid dienone is 1. The van der Waals surface area contributed by atoms with Crippen molar-refractivity contribution < 1.29 is 24.4 Å². The zero-order valence-corrected chi connectivity index (χ0v) is 28.1. The molecule has 1 unspecified atom stereocenters. The van der Waals surface area contributed by atoms with Gasteiger partial charge >= 0.3 is 7.12 Å². The predicted molar refractivity (Wildman–Crippen MR) is 191 cm³/mol. The number of hydrogen-bond acceptors (Lipinski definition) is 7. The summed E-state index contributed by atoms with van der Waals surface area (Å²) >= 11 is 6.21. The second-order valence-corrected chi connectivity index (χ2v) is 12.6. The Kier molecular flexibility index (Phi) is 10.4. The standard InChI is InChI=1S/C37H37BClN5O5/c1-23-42-43-37-28(4-3-5-32(25-9-12-30(39)13-10-25)33-21-31(49-2)14-15-34(33)44(23)37)20-35(45)41-22-36(46)40-17-16-24-6-7-27-19-29(38(47)48)11-8-26(27)18-24/h5-15,18-19,21,28,47-48H,3-4,16-17,20,22H2,1-2H3,(H,40,46)(H,41,45). The fourth-order valence-electron chi connectivity index (χ4n) is 6.27. The summed E-state index contributed by atoms with van der Waals surface area (Å²) in [6, 6.07) is 24.8. The number of halogens is 1. The highest BCUT2D eigenvalue weighted by Gasteiger charge is 2.27. The van der Waals surface area contributed by atoms with E-state index in [1.807, 2.05) is 78.2 Å². The van der Waals surface area contributed by atoms with Gasteiger partial charge in [-0.25, -0.2) is 0 Å². The Bertz CT molecular complexity index is 2030. The first kappa shape index (κ1) is 33.9. The third-order valence-corrected chi connectivity index (χ3v) is 9.06. The molecule has 49 heavy (non-hydrogen) atoms. The van der Waals surface area contributed by atoms with E-state index in [0.29, 0.717) is 47.9 Å². The highest BCUT2D eigenvalue weighted by molar-refractivity contribution is 6.58. The summed E-state index contributed by atoms with van der Waals surface area (Å²) in [4.78, 5) is 25.9. The number of rotatable bonds is 10. The third kappa shape index (κ3) is 7.86. The molecular formula is C37H37BClN5O5. The van der Waals surface area contributed by atoms with Gasteiger partial charge in [0.25, 0.3) is 0 Å². The maximum atomic E-state index is 13.2. The smallest absolute Gasteiger partial charge is 0.488 e. The van der Waals surface area contributed by atoms with Gasteiger partial charge in [-0.1, -0.05) is 66.2 Å². The van der Waals surface area contributed by atoms with Crippen LogP contribution in [0.25, 0.3) is 22.0 Å². The summed E-state index contributed by atoms with van der Waals surface area (Å²) in [6.07, 6.45) is 4.26. The average molecular weight is 678 g/mol. The van der Waals surface area contributed by atoms with Crippen LogP contribution in [0, 0.1) is 6.92 Å². The maximum absolute atomic E-state index is 13.2. The molecule has 10 nitrogen and oxygen atoms in total. The van der Waals surface area contributed by atoms with Crippen LogP contribution >= 0.6 is 11.6 Å². The number of fused-ring (bicyclic) bond motifs is 4. The maximum Gasteiger partial charge on any atom is 0.488 e. The molecule has 0 saturated heterocycles. The first-order valence-electron chi connectivity index (χ1n) is 16.2. The molecular weight excluding hydrogens is 641 g/mol. The van der Waals surface area contributed by atoms with Crippen molar-refractivity contribution in [1.82, 2.24) is 25.4 Å². The van der Waals surface area contributed by atoms with Crippen molar-refractivity contribution in [1.29, 1.82) is 0 Å². The van der Waals surface area contributed by atoms with E-state index < -0.39 is 7.12 Å². The van der Waals surface area contributed by atoms with Crippen molar-refractivity contribution in [3.8, 4) is 11.4 Å². The lowest BCUT2D eigenvalue weighted by Gasteiger charge is -2.19. The average Bonchev–Trinajstić information content (AvgIpc) is 3.51. The molecule has 1 aliphatic rings. The SMILES string of the molecule is COc1ccc2c(c1)C(c1ccc(Cl)cc1)=CCCC(CC(=O)NCC(=O)NCCc1ccc3cc(B(O)O)ccc3c1)c1nnc(C)n1-2. The largest absolute Gasteiger partial charge is 0.497 e. The van der Waals surface area contributed by atoms with E-state index >= 15 is 0 Å². The highest BCUT2D eigenvalue weighted by Crippen LogP contribution is 2.38. The monoisotopic (exact) mass is 677 g/mol. The number of aryl methyl sites for hydroxylation is 1. The van der Waals surface area contributed by atoms with E-state index in [1.165, 1.54) is 0 Å². The number of hydrogen-bond donors (Lipinski definition) is 4. The van der Waals surface area contributed by atoms with Gasteiger partial charge in [-0.05, 0) is 89.5 Å². The van der Waals surface area contributed by atoms with E-state index in [0.717, 1.165) is 44.5 Å². The number of nitrogens with zero attached hydrogens (tertiary/aromatic N) is 3. The molecule has 0 radical (unpaired) electrons. The Morgan fingerprint density at radius 2 is 1.73 bits per heavy atom. The van der Waals surface area contributed by atoms with Crippen molar-refractivity contribution in [2.24, 2.45) is 0 Å². The molecule has 5 aromatic rings. The van der Waals surface area contributed by atoms with Crippen molar-refractivity contribution >= 4 is 52.3 Å². The van der Waals surface area contributed by atoms with Gasteiger partial charge in [-0.3, -0.25) is 14.2 Å². The summed E-state index contributed by atoms with van der Waals surface area (Å²) in [5, 5.41) is 36.0. The highest BCUT2D eigenvalue weighted by atomic mass is 35.5. The minimum absolute atomic E-state index is 0.134. The molecule has 12 heteroatoms. The van der Waals surface area contributed by atoms with Crippen LogP contribution in [0.5, 0.6) is 5.75 Å². The van der Waals surface area contributed by atoms with Crippen molar-refractivity contribution in [3.05, 3.63) is 118 Å². The summed E-state index contributed by atoms with van der Waals surface area (Å²) in [7, 11) is 0.125. The molecule has 250 valence electrons. The number of benzene rings is 4. The number of amides is 2. The molecule has 0 fully saturated rings. The lowest BCUT2D eigenvalue weighted by atomic mass is 9.79. The van der Waals surface area contributed by atoms with Crippen molar-refractivity contribution in [2.75, 3.05) is 20.2 Å². The van der Waals surface area contributed by atoms with Crippen LogP contribution in [0.1, 0.15) is 53.5 Å². The van der Waals surface area contributed by atoms with Crippen LogP contribution in [-0.2, 0) is 16.0 Å². The molecule has 0 saturated carbocycles. The molecule has 4 aromatic carbocycles. The summed E-state index contributed by atoms with van der Waals surface area (Å²) < 4.78 is 7.60. The van der Waals surface area contributed by atoms with Gasteiger partial charge in [0, 0.05) is 29.5 Å². The predicted octanol–water partition coefficient (Wildman–Crippen LogP) is 4.25. The zero-order chi connectivity index (χ0) is 34.5. The second-order valence-electron chi connectivity index (χ2n) is 12.1. The Morgan fingerprint density at radius 1 is 0.959 bits per heavy atom. The number of ether oxygens (including phenoxy) is 1. The molecule has 1 aromatic heterocycles. The zero-order valence-electron chi connectivity index (χ0n) is 27.3. The van der Waals surface area contributed by atoms with Crippen LogP contribution in [0.2, 0.25) is 5.02 Å². The molecule has 0 aliphatic carbocycles. The number of aromatic nitrogens is 3. The van der Waals surface area contributed by atoms with Gasteiger partial charge in [-0.2, -0.15) is 0 Å². The fourth-order valence-corrected chi connectivity index (χ4v) is 6.40. The lowest BCUT2D eigenvalue weighted by Crippen LogP contribution is -2.38. The van der Waals surface area contributed by atoms with E-state index in [4.69, 9.17) is 16.3 Å². The molecule has 4 N–H and O–H groups in total. The van der Waals surface area contributed by atoms with Crippen LogP contribution in [0.4, 0.5) is 0 Å². The minimum Gasteiger partial charge on any atom is -0.497 e. The van der Waals surface area contributed by atoms with Crippen LogP contribution in [0.15, 0.2) is 84.9 Å². The molecule has 0 bridgehead atoms. The van der Waals surface area contributed by atoms with Gasteiger partial charge in [0.1, 0.15) is 17.4 Å². The fraction of sp³-hybridized carbons (Fsp3) is 0.243. The molecule has 6 rings (SSSR count). The summed E-state index contributed by atoms with van der Waals surface area (Å²) in [5.41, 5.74) is 5.32. The van der Waals surface area contributed by atoms with Gasteiger partial charge in [0.05, 0.1) is 19.3 Å². The van der Waals surface area contributed by atoms with Crippen LogP contribution in [0.3, 0.4) is 0 Å². The number of methoxy groups -OCH3 is 1. The van der Waals surface area contributed by atoms with Gasteiger partial charge < -0.3 is 25.4 Å². The topological polar surface area (TPSA) is 139 Å². The Labute approximate surface area is 289 Å². The first-order valence-corrected chi connectivity index (χ1v) is 16.6. The molecule has 2 amide bonds. The number of nitrogens with one attached hydrogen (secondary N) is 2. The van der Waals surface area contributed by atoms with Gasteiger partial charge in [0.15, 0.2) is 0 Å². The molecule has 2 heterocycles. The molecule has 0 spiro atoms. The van der Waals surface area contributed by atoms with E-state index in [-0.39, 0.29) is 30.7 Å². The Balaban J connectivity index is 1.11. The quantitative estimate of drug-likeness (QED) is 0.162. The van der Waals surface area contributed by atoms with Gasteiger partial charge in [0.2, 0.25) is 11.8 Å². The second kappa shape index (κ2) is 15.1. The normalized spacial score (nSPS) is 14.1. The Hall–Kier alpha value is -4.97. The number of carbonyl (C=O) groups is 2. The third-order valence-electron chi connectivity index (χ3n) is 8.81. The van der Waals surface area contributed by atoms with Crippen molar-refractivity contribution in [2.45, 2.75) is 38.5 Å². The van der Waals surface area contributed by atoms with Crippen LogP contribution in [-0.4, -0.2) is 63.9 Å². The van der Waals surface area contributed by atoms with E-state index in [1.54, 1.807) is 19.2 Å². The summed E-state index contributed by atoms with van der Waals surface area (Å²) in [6.45, 7) is 2.17. The first-order chi connectivity index (χ1) is 23.7. The molecule has 1 aliphatic heterocycles. The summed E-state index contributed by atoms with van der Waals surface area (Å²) in [5.74, 6) is 1.34. The Morgan fingerprint density at radius 3 is 2.51 bits per heavy atom. The lowest BCUT2D eigenvalue weighted by molar-refractivity contribution is -0.126. The van der Waals surface area contributed by atoms with Crippen molar-refractivity contribution in [3.63, 3.8) is 0 Å².